The number of nitrogens with zero attached hydrogens (tertiary/aromatic N) is 4. The summed E-state index contributed by atoms with van der Waals surface area (Å²) in [7, 11) is 1.50. The molecule has 9 heteroatoms. The van der Waals surface area contributed by atoms with Crippen molar-refractivity contribution < 1.29 is 18.7 Å². The normalized spacial score (nSPS) is 20.3. The molecule has 4 rings (SSSR count). The molecule has 2 aliphatic rings. The zero-order valence-electron chi connectivity index (χ0n) is 15.9. The largest absolute Gasteiger partial charge is 0.391 e. The van der Waals surface area contributed by atoms with Crippen molar-refractivity contribution in [1.29, 1.82) is 0 Å². The van der Waals surface area contributed by atoms with E-state index >= 15 is 0 Å². The second-order valence-corrected chi connectivity index (χ2v) is 7.35. The molecule has 0 bridgehead atoms. The smallest absolute Gasteiger partial charge is 0.272 e. The predicted molar refractivity (Wildman–Crippen MR) is 102 cm³/mol. The van der Waals surface area contributed by atoms with Gasteiger partial charge in [0.25, 0.3) is 5.91 Å². The number of nitrogens with one attached hydrogen (secondary N) is 1. The monoisotopic (exact) mass is 401 g/mol. The summed E-state index contributed by atoms with van der Waals surface area (Å²) < 4.78 is 27.4. The van der Waals surface area contributed by atoms with E-state index in [-0.39, 0.29) is 30.4 Å². The van der Waals surface area contributed by atoms with Crippen molar-refractivity contribution in [3.63, 3.8) is 0 Å². The standard InChI is InChI=1S/C20H21F2N5O2/c1-27(9-11-7-12(21)5-6-13(11)22)20(29)18-17-15(8-23-18)24-10-25-19(17)26-14-3-2-4-16(14)28/h5-7,10,14,16,28H,2-4,8-9H2,1H3,(H,24,25,26)/t14-,16-/m1/s1. The Morgan fingerprint density at radius 3 is 2.90 bits per heavy atom. The molecule has 29 heavy (non-hydrogen) atoms. The molecule has 1 aromatic heterocycles. The van der Waals surface area contributed by atoms with Gasteiger partial charge in [-0.25, -0.2) is 18.7 Å². The van der Waals surface area contributed by atoms with Crippen molar-refractivity contribution >= 4 is 17.4 Å². The predicted octanol–water partition coefficient (Wildman–Crippen LogP) is 2.04. The minimum atomic E-state index is -0.583. The summed E-state index contributed by atoms with van der Waals surface area (Å²) in [4.78, 5) is 27.1. The molecule has 2 heterocycles. The number of aromatic nitrogens is 2. The van der Waals surface area contributed by atoms with E-state index in [0.29, 0.717) is 23.5 Å². The topological polar surface area (TPSA) is 90.7 Å². The minimum absolute atomic E-state index is 0.0800. The molecular formula is C20H21F2N5O2. The number of halogens is 2. The number of carbonyl (C=O) groups excluding carboxylic acids is 1. The number of aliphatic hydroxyl groups excluding tert-OH is 1. The zero-order valence-corrected chi connectivity index (χ0v) is 15.9. The number of anilines is 1. The molecule has 7 nitrogen and oxygen atoms in total. The van der Waals surface area contributed by atoms with E-state index < -0.39 is 23.6 Å². The molecule has 2 aromatic rings. The average Bonchev–Trinajstić information content (AvgIpc) is 3.31. The molecule has 1 aliphatic carbocycles. The van der Waals surface area contributed by atoms with Crippen molar-refractivity contribution in [2.45, 2.75) is 44.5 Å². The summed E-state index contributed by atoms with van der Waals surface area (Å²) in [5, 5.41) is 13.3. The highest BCUT2D eigenvalue weighted by molar-refractivity contribution is 6.47. The second-order valence-electron chi connectivity index (χ2n) is 7.35. The fourth-order valence-electron chi connectivity index (χ4n) is 3.76. The second kappa shape index (κ2) is 7.82. The Morgan fingerprint density at radius 1 is 1.31 bits per heavy atom. The van der Waals surface area contributed by atoms with Gasteiger partial charge >= 0.3 is 0 Å². The lowest BCUT2D eigenvalue weighted by atomic mass is 10.1. The first-order valence-corrected chi connectivity index (χ1v) is 9.46. The van der Waals surface area contributed by atoms with Gasteiger partial charge in [0.05, 0.1) is 29.9 Å². The Morgan fingerprint density at radius 2 is 2.14 bits per heavy atom. The van der Waals surface area contributed by atoms with Gasteiger partial charge < -0.3 is 15.3 Å². The molecule has 1 aliphatic heterocycles. The number of hydrogen-bond donors (Lipinski definition) is 2. The lowest BCUT2D eigenvalue weighted by molar-refractivity contribution is -0.123. The molecule has 0 radical (unpaired) electrons. The summed E-state index contributed by atoms with van der Waals surface area (Å²) >= 11 is 0. The van der Waals surface area contributed by atoms with E-state index in [0.717, 1.165) is 31.0 Å². The van der Waals surface area contributed by atoms with Crippen LogP contribution in [0, 0.1) is 11.6 Å². The third-order valence-electron chi connectivity index (χ3n) is 5.32. The van der Waals surface area contributed by atoms with Crippen molar-refractivity contribution in [3.05, 3.63) is 53.0 Å². The van der Waals surface area contributed by atoms with E-state index in [1.165, 1.54) is 18.3 Å². The van der Waals surface area contributed by atoms with Crippen LogP contribution in [0.1, 0.15) is 36.1 Å². The Kier molecular flexibility index (Phi) is 5.23. The van der Waals surface area contributed by atoms with Crippen LogP contribution in [0.25, 0.3) is 0 Å². The quantitative estimate of drug-likeness (QED) is 0.800. The highest BCUT2D eigenvalue weighted by atomic mass is 19.1. The molecule has 1 aromatic carbocycles. The number of benzene rings is 1. The Bertz CT molecular complexity index is 981. The van der Waals surface area contributed by atoms with Gasteiger partial charge in [-0.05, 0) is 37.5 Å². The Labute approximate surface area is 166 Å². The molecule has 1 saturated carbocycles. The van der Waals surface area contributed by atoms with Gasteiger partial charge in [-0.2, -0.15) is 0 Å². The SMILES string of the molecule is CN(Cc1cc(F)ccc1F)C(=O)C1=NCc2ncnc(N[C@@H]3CCC[C@H]3O)c21. The molecule has 0 spiro atoms. The molecule has 152 valence electrons. The van der Waals surface area contributed by atoms with Crippen LogP contribution >= 0.6 is 0 Å². The van der Waals surface area contributed by atoms with Crippen LogP contribution in [-0.4, -0.2) is 50.8 Å². The first-order chi connectivity index (χ1) is 13.9. The van der Waals surface area contributed by atoms with Crippen LogP contribution in [0.5, 0.6) is 0 Å². The minimum Gasteiger partial charge on any atom is -0.391 e. The van der Waals surface area contributed by atoms with Crippen LogP contribution in [0.3, 0.4) is 0 Å². The molecule has 2 atom stereocenters. The molecule has 0 unspecified atom stereocenters. The number of aliphatic hydroxyl groups is 1. The summed E-state index contributed by atoms with van der Waals surface area (Å²) in [5.74, 6) is -1.13. The maximum absolute atomic E-state index is 13.9. The lowest BCUT2D eigenvalue weighted by Gasteiger charge is -2.21. The highest BCUT2D eigenvalue weighted by Gasteiger charge is 2.32. The fourth-order valence-corrected chi connectivity index (χ4v) is 3.76. The van der Waals surface area contributed by atoms with Crippen LogP contribution in [-0.2, 0) is 17.9 Å². The van der Waals surface area contributed by atoms with E-state index in [4.69, 9.17) is 0 Å². The first kappa shape index (κ1) is 19.4. The molecule has 1 amide bonds. The number of aliphatic imine (C=N–C) groups is 1. The van der Waals surface area contributed by atoms with Crippen LogP contribution in [0.4, 0.5) is 14.6 Å². The number of likely N-dealkylation sites (N-methyl/N-ethyl adjacent to an activating group) is 1. The van der Waals surface area contributed by atoms with Crippen molar-refractivity contribution in [3.8, 4) is 0 Å². The van der Waals surface area contributed by atoms with Gasteiger partial charge in [0.1, 0.15) is 29.5 Å². The molecule has 1 fully saturated rings. The summed E-state index contributed by atoms with van der Waals surface area (Å²) in [6, 6.07) is 2.99. The van der Waals surface area contributed by atoms with Crippen LogP contribution < -0.4 is 5.32 Å². The number of hydrogen-bond acceptors (Lipinski definition) is 6. The molecule has 2 N–H and O–H groups in total. The van der Waals surface area contributed by atoms with Gasteiger partial charge in [-0.1, -0.05) is 0 Å². The maximum Gasteiger partial charge on any atom is 0.272 e. The van der Waals surface area contributed by atoms with Crippen molar-refractivity contribution in [2.75, 3.05) is 12.4 Å². The number of carbonyl (C=O) groups is 1. The van der Waals surface area contributed by atoms with Gasteiger partial charge in [0.15, 0.2) is 0 Å². The Hall–Kier alpha value is -2.94. The van der Waals surface area contributed by atoms with Gasteiger partial charge in [-0.15, -0.1) is 0 Å². The summed E-state index contributed by atoms with van der Waals surface area (Å²) in [5.41, 5.74) is 1.37. The first-order valence-electron chi connectivity index (χ1n) is 9.46. The fraction of sp³-hybridized carbons (Fsp3) is 0.400. The molecular weight excluding hydrogens is 380 g/mol. The summed E-state index contributed by atoms with van der Waals surface area (Å²) in [6.45, 7) is 0.136. The summed E-state index contributed by atoms with van der Waals surface area (Å²) in [6.07, 6.45) is 3.36. The van der Waals surface area contributed by atoms with Crippen LogP contribution in [0.2, 0.25) is 0 Å². The lowest BCUT2D eigenvalue weighted by Crippen LogP contribution is -2.35. The van der Waals surface area contributed by atoms with Gasteiger partial charge in [0.2, 0.25) is 0 Å². The van der Waals surface area contributed by atoms with E-state index in [2.05, 4.69) is 20.3 Å². The van der Waals surface area contributed by atoms with E-state index in [1.54, 1.807) is 0 Å². The van der Waals surface area contributed by atoms with E-state index in [9.17, 15) is 18.7 Å². The van der Waals surface area contributed by atoms with Gasteiger partial charge in [0, 0.05) is 19.2 Å². The zero-order chi connectivity index (χ0) is 20.5. The van der Waals surface area contributed by atoms with Crippen LogP contribution in [0.15, 0.2) is 29.5 Å². The molecule has 0 saturated heterocycles. The maximum atomic E-state index is 13.9. The van der Waals surface area contributed by atoms with Crippen molar-refractivity contribution in [1.82, 2.24) is 14.9 Å². The third-order valence-corrected chi connectivity index (χ3v) is 5.32. The number of rotatable bonds is 5. The van der Waals surface area contributed by atoms with Crippen molar-refractivity contribution in [2.24, 2.45) is 4.99 Å². The Balaban J connectivity index is 1.56. The number of fused-ring (bicyclic) bond motifs is 1. The highest BCUT2D eigenvalue weighted by Crippen LogP contribution is 2.28. The average molecular weight is 401 g/mol. The van der Waals surface area contributed by atoms with E-state index in [1.807, 2.05) is 0 Å². The third kappa shape index (κ3) is 3.82. The number of amides is 1. The van der Waals surface area contributed by atoms with Gasteiger partial charge in [-0.3, -0.25) is 9.79 Å².